The number of fused-ring (bicyclic) bond motifs is 1. The molecule has 3 rings (SSSR count). The van der Waals surface area contributed by atoms with Crippen LogP contribution >= 0.6 is 0 Å². The molecule has 2 heterocycles. The highest BCUT2D eigenvalue weighted by molar-refractivity contribution is 5.89. The van der Waals surface area contributed by atoms with Crippen LogP contribution in [0.5, 0.6) is 0 Å². The Balaban J connectivity index is 1.76. The molecule has 0 fully saturated rings. The van der Waals surface area contributed by atoms with E-state index < -0.39 is 0 Å². The lowest BCUT2D eigenvalue weighted by Crippen LogP contribution is -2.37. The summed E-state index contributed by atoms with van der Waals surface area (Å²) < 4.78 is 4.97. The van der Waals surface area contributed by atoms with Crippen molar-refractivity contribution < 1.29 is 9.53 Å². The summed E-state index contributed by atoms with van der Waals surface area (Å²) >= 11 is 0. The molecular formula is C20H26N2O2. The molecular weight excluding hydrogens is 300 g/mol. The zero-order valence-electron chi connectivity index (χ0n) is 14.7. The Labute approximate surface area is 143 Å². The number of hydrogen-bond donors (Lipinski definition) is 1. The highest BCUT2D eigenvalue weighted by Crippen LogP contribution is 2.30. The smallest absolute Gasteiger partial charge is 0.335 e. The van der Waals surface area contributed by atoms with E-state index in [1.54, 1.807) is 0 Å². The van der Waals surface area contributed by atoms with Gasteiger partial charge in [-0.1, -0.05) is 38.5 Å². The SMILES string of the molecule is CC[C@H]1CN(CCc2c[nH]c3ccccc23)C=C(C(=O)OC)[C@H]1C. The Bertz CT molecular complexity index is 747. The van der Waals surface area contributed by atoms with Gasteiger partial charge in [0.25, 0.3) is 0 Å². The van der Waals surface area contributed by atoms with E-state index in [1.165, 1.54) is 23.6 Å². The summed E-state index contributed by atoms with van der Waals surface area (Å²) in [5.74, 6) is 0.552. The first kappa shape index (κ1) is 16.6. The van der Waals surface area contributed by atoms with Gasteiger partial charge in [0.15, 0.2) is 0 Å². The van der Waals surface area contributed by atoms with Gasteiger partial charge in [-0.25, -0.2) is 4.79 Å². The molecule has 0 bridgehead atoms. The maximum Gasteiger partial charge on any atom is 0.335 e. The van der Waals surface area contributed by atoms with E-state index in [-0.39, 0.29) is 11.9 Å². The molecule has 1 N–H and O–H groups in total. The number of benzene rings is 1. The number of methoxy groups -OCH3 is 1. The number of ether oxygens (including phenoxy) is 1. The minimum Gasteiger partial charge on any atom is -0.466 e. The number of esters is 1. The number of aromatic nitrogens is 1. The van der Waals surface area contributed by atoms with Gasteiger partial charge in [0, 0.05) is 36.4 Å². The molecule has 4 heteroatoms. The fourth-order valence-electron chi connectivity index (χ4n) is 3.68. The summed E-state index contributed by atoms with van der Waals surface area (Å²) in [6.07, 6.45) is 6.13. The van der Waals surface area contributed by atoms with Crippen molar-refractivity contribution in [2.24, 2.45) is 11.8 Å². The van der Waals surface area contributed by atoms with Crippen LogP contribution in [0.2, 0.25) is 0 Å². The van der Waals surface area contributed by atoms with Crippen LogP contribution in [-0.2, 0) is 16.0 Å². The van der Waals surface area contributed by atoms with Crippen molar-refractivity contribution in [1.29, 1.82) is 0 Å². The molecule has 0 saturated carbocycles. The largest absolute Gasteiger partial charge is 0.466 e. The molecule has 0 amide bonds. The molecule has 0 unspecified atom stereocenters. The van der Waals surface area contributed by atoms with E-state index in [0.29, 0.717) is 5.92 Å². The Kier molecular flexibility index (Phi) is 4.93. The highest BCUT2D eigenvalue weighted by atomic mass is 16.5. The first-order chi connectivity index (χ1) is 11.6. The first-order valence-corrected chi connectivity index (χ1v) is 8.73. The van der Waals surface area contributed by atoms with Crippen LogP contribution < -0.4 is 0 Å². The predicted octanol–water partition coefficient (Wildman–Crippen LogP) is 3.75. The predicted molar refractivity (Wildman–Crippen MR) is 96.6 cm³/mol. The van der Waals surface area contributed by atoms with Crippen molar-refractivity contribution in [3.63, 3.8) is 0 Å². The third-order valence-electron chi connectivity index (χ3n) is 5.28. The number of carbonyl (C=O) groups is 1. The fourth-order valence-corrected chi connectivity index (χ4v) is 3.68. The van der Waals surface area contributed by atoms with Gasteiger partial charge in [-0.05, 0) is 29.9 Å². The van der Waals surface area contributed by atoms with Gasteiger partial charge < -0.3 is 14.6 Å². The second kappa shape index (κ2) is 7.12. The molecule has 1 aromatic carbocycles. The van der Waals surface area contributed by atoms with Crippen molar-refractivity contribution >= 4 is 16.9 Å². The van der Waals surface area contributed by atoms with Crippen LogP contribution in [0, 0.1) is 11.8 Å². The van der Waals surface area contributed by atoms with Crippen molar-refractivity contribution in [3.8, 4) is 0 Å². The number of rotatable bonds is 5. The van der Waals surface area contributed by atoms with E-state index >= 15 is 0 Å². The van der Waals surface area contributed by atoms with E-state index in [9.17, 15) is 4.79 Å². The third-order valence-corrected chi connectivity index (χ3v) is 5.28. The molecule has 4 nitrogen and oxygen atoms in total. The van der Waals surface area contributed by atoms with Crippen LogP contribution in [0.15, 0.2) is 42.2 Å². The number of para-hydroxylation sites is 1. The normalized spacial score (nSPS) is 21.0. The van der Waals surface area contributed by atoms with Crippen molar-refractivity contribution in [2.75, 3.05) is 20.2 Å². The third kappa shape index (κ3) is 3.18. The van der Waals surface area contributed by atoms with E-state index in [0.717, 1.165) is 31.5 Å². The van der Waals surface area contributed by atoms with Gasteiger partial charge in [0.1, 0.15) is 0 Å². The lowest BCUT2D eigenvalue weighted by Gasteiger charge is -2.36. The Morgan fingerprint density at radius 1 is 1.38 bits per heavy atom. The van der Waals surface area contributed by atoms with Gasteiger partial charge in [-0.15, -0.1) is 0 Å². The molecule has 1 aliphatic rings. The molecule has 128 valence electrons. The van der Waals surface area contributed by atoms with Crippen LogP contribution in [-0.4, -0.2) is 36.1 Å². The van der Waals surface area contributed by atoms with Crippen LogP contribution in [0.3, 0.4) is 0 Å². The topological polar surface area (TPSA) is 45.3 Å². The number of aromatic amines is 1. The van der Waals surface area contributed by atoms with Gasteiger partial charge >= 0.3 is 5.97 Å². The molecule has 0 saturated heterocycles. The highest BCUT2D eigenvalue weighted by Gasteiger charge is 2.30. The number of H-pyrrole nitrogens is 1. The maximum absolute atomic E-state index is 12.1. The summed E-state index contributed by atoms with van der Waals surface area (Å²) in [5.41, 5.74) is 3.30. The summed E-state index contributed by atoms with van der Waals surface area (Å²) in [6, 6.07) is 8.38. The zero-order chi connectivity index (χ0) is 17.1. The Morgan fingerprint density at radius 3 is 2.92 bits per heavy atom. The average molecular weight is 326 g/mol. The Morgan fingerprint density at radius 2 is 2.17 bits per heavy atom. The zero-order valence-corrected chi connectivity index (χ0v) is 14.7. The lowest BCUT2D eigenvalue weighted by molar-refractivity contribution is -0.137. The second-order valence-electron chi connectivity index (χ2n) is 6.64. The van der Waals surface area contributed by atoms with Crippen molar-refractivity contribution in [1.82, 2.24) is 9.88 Å². The molecule has 2 aromatic rings. The quantitative estimate of drug-likeness (QED) is 0.851. The monoisotopic (exact) mass is 326 g/mol. The van der Waals surface area contributed by atoms with Crippen LogP contribution in [0.25, 0.3) is 10.9 Å². The fraction of sp³-hybridized carbons (Fsp3) is 0.450. The summed E-state index contributed by atoms with van der Waals surface area (Å²) in [6.45, 7) is 6.24. The van der Waals surface area contributed by atoms with Gasteiger partial charge in [-0.2, -0.15) is 0 Å². The van der Waals surface area contributed by atoms with E-state index in [4.69, 9.17) is 4.74 Å². The average Bonchev–Trinajstić information content (AvgIpc) is 3.03. The molecule has 24 heavy (non-hydrogen) atoms. The molecule has 0 spiro atoms. The number of nitrogens with zero attached hydrogens (tertiary/aromatic N) is 1. The molecule has 1 aromatic heterocycles. The Hall–Kier alpha value is -2.23. The van der Waals surface area contributed by atoms with E-state index in [1.807, 2.05) is 12.3 Å². The number of hydrogen-bond acceptors (Lipinski definition) is 3. The van der Waals surface area contributed by atoms with Crippen LogP contribution in [0.1, 0.15) is 25.8 Å². The molecule has 0 aliphatic carbocycles. The van der Waals surface area contributed by atoms with Crippen molar-refractivity contribution in [3.05, 3.63) is 47.8 Å². The molecule has 1 aliphatic heterocycles. The summed E-state index contributed by atoms with van der Waals surface area (Å²) in [4.78, 5) is 17.7. The molecule has 0 radical (unpaired) electrons. The van der Waals surface area contributed by atoms with Gasteiger partial charge in [-0.3, -0.25) is 0 Å². The van der Waals surface area contributed by atoms with E-state index in [2.05, 4.69) is 48.1 Å². The second-order valence-corrected chi connectivity index (χ2v) is 6.64. The van der Waals surface area contributed by atoms with Gasteiger partial charge in [0.2, 0.25) is 0 Å². The van der Waals surface area contributed by atoms with Crippen LogP contribution in [0.4, 0.5) is 0 Å². The summed E-state index contributed by atoms with van der Waals surface area (Å²) in [7, 11) is 1.46. The minimum absolute atomic E-state index is 0.197. The summed E-state index contributed by atoms with van der Waals surface area (Å²) in [5, 5.41) is 1.28. The lowest BCUT2D eigenvalue weighted by atomic mass is 9.83. The standard InChI is InChI=1S/C20H26N2O2/c1-4-15-12-22(13-18(14(15)2)20(23)24-3)10-9-16-11-21-19-8-6-5-7-17(16)19/h5-8,11,13-15,21H,4,9-10,12H2,1-3H3/t14-,15-/m0/s1. The minimum atomic E-state index is -0.197. The van der Waals surface area contributed by atoms with Gasteiger partial charge in [0.05, 0.1) is 12.7 Å². The first-order valence-electron chi connectivity index (χ1n) is 8.73. The van der Waals surface area contributed by atoms with Crippen molar-refractivity contribution in [2.45, 2.75) is 26.7 Å². The molecule has 2 atom stereocenters. The maximum atomic E-state index is 12.1. The number of carbonyl (C=O) groups excluding carboxylic acids is 1. The number of nitrogens with one attached hydrogen (secondary N) is 1.